The Labute approximate surface area is 253 Å². The van der Waals surface area contributed by atoms with Crippen molar-refractivity contribution in [1.29, 1.82) is 0 Å². The molecule has 0 unspecified atom stereocenters. The summed E-state index contributed by atoms with van der Waals surface area (Å²) >= 11 is 0. The molecule has 0 saturated heterocycles. The van der Waals surface area contributed by atoms with Gasteiger partial charge in [-0.05, 0) is 87.7 Å². The summed E-state index contributed by atoms with van der Waals surface area (Å²) in [5, 5.41) is 3.10. The average molecular weight is 610 g/mol. The zero-order valence-electron chi connectivity index (χ0n) is 25.0. The number of halogens is 1. The molecule has 1 fully saturated rings. The number of benzene rings is 3. The van der Waals surface area contributed by atoms with Crippen LogP contribution in [0.3, 0.4) is 0 Å². The molecule has 1 saturated carbocycles. The Hall–Kier alpha value is -3.92. The number of ether oxygens (including phenoxy) is 1. The normalized spacial score (nSPS) is 14.5. The van der Waals surface area contributed by atoms with Gasteiger partial charge in [-0.1, -0.05) is 49.1 Å². The van der Waals surface area contributed by atoms with Crippen molar-refractivity contribution in [3.63, 3.8) is 0 Å². The van der Waals surface area contributed by atoms with Crippen molar-refractivity contribution in [1.82, 2.24) is 10.2 Å². The van der Waals surface area contributed by atoms with E-state index in [9.17, 15) is 22.4 Å². The standard InChI is InChI=1S/C33H40FN3O5S/c1-4-42-30-17-19-31(20-18-30)43(40,41)37(29-15-13-27(34)14-16-29)23-32(38)36(22-26-10-8-9-24(2)21-26)25(3)33(39)35-28-11-6-5-7-12-28/h8-10,13-21,25,28H,4-7,11-12,22-23H2,1-3H3,(H,35,39)/t25-/m0/s1. The van der Waals surface area contributed by atoms with Crippen molar-refractivity contribution >= 4 is 27.5 Å². The molecule has 1 aliphatic rings. The first-order valence-electron chi connectivity index (χ1n) is 14.7. The van der Waals surface area contributed by atoms with Crippen molar-refractivity contribution in [2.24, 2.45) is 0 Å². The number of hydrogen-bond donors (Lipinski definition) is 1. The number of sulfonamides is 1. The molecule has 8 nitrogen and oxygen atoms in total. The van der Waals surface area contributed by atoms with Gasteiger partial charge in [0, 0.05) is 12.6 Å². The number of carbonyl (C=O) groups is 2. The second-order valence-corrected chi connectivity index (χ2v) is 12.8. The van der Waals surface area contributed by atoms with Crippen molar-refractivity contribution in [2.45, 2.75) is 76.4 Å². The maximum atomic E-state index is 14.1. The van der Waals surface area contributed by atoms with E-state index in [0.29, 0.717) is 12.4 Å². The molecule has 0 aromatic heterocycles. The largest absolute Gasteiger partial charge is 0.494 e. The Morgan fingerprint density at radius 3 is 2.30 bits per heavy atom. The fourth-order valence-electron chi connectivity index (χ4n) is 5.30. The van der Waals surface area contributed by atoms with E-state index in [1.54, 1.807) is 19.1 Å². The Bertz CT molecular complexity index is 1490. The predicted octanol–water partition coefficient (Wildman–Crippen LogP) is 5.59. The van der Waals surface area contributed by atoms with Crippen LogP contribution in [-0.4, -0.2) is 50.4 Å². The van der Waals surface area contributed by atoms with Crippen LogP contribution < -0.4 is 14.4 Å². The van der Waals surface area contributed by atoms with Gasteiger partial charge in [0.25, 0.3) is 10.0 Å². The third-order valence-corrected chi connectivity index (χ3v) is 9.46. The van der Waals surface area contributed by atoms with Crippen LogP contribution in [0.2, 0.25) is 0 Å². The molecule has 0 bridgehead atoms. The van der Waals surface area contributed by atoms with Crippen LogP contribution >= 0.6 is 0 Å². The number of aryl methyl sites for hydroxylation is 1. The minimum atomic E-state index is -4.27. The molecule has 1 N–H and O–H groups in total. The summed E-state index contributed by atoms with van der Waals surface area (Å²) in [6.07, 6.45) is 5.01. The quantitative estimate of drug-likeness (QED) is 0.289. The van der Waals surface area contributed by atoms with Gasteiger partial charge in [-0.15, -0.1) is 0 Å². The van der Waals surface area contributed by atoms with Gasteiger partial charge in [-0.2, -0.15) is 0 Å². The number of carbonyl (C=O) groups excluding carboxylic acids is 2. The highest BCUT2D eigenvalue weighted by Gasteiger charge is 2.33. The number of nitrogens with zero attached hydrogens (tertiary/aromatic N) is 2. The number of rotatable bonds is 12. The van der Waals surface area contributed by atoms with E-state index in [2.05, 4.69) is 5.32 Å². The molecule has 4 rings (SSSR count). The van der Waals surface area contributed by atoms with Crippen LogP contribution in [0.25, 0.3) is 0 Å². The fourth-order valence-corrected chi connectivity index (χ4v) is 6.71. The molecule has 3 aromatic carbocycles. The van der Waals surface area contributed by atoms with Gasteiger partial charge >= 0.3 is 0 Å². The SMILES string of the molecule is CCOc1ccc(S(=O)(=O)N(CC(=O)N(Cc2cccc(C)c2)[C@@H](C)C(=O)NC2CCCCC2)c2ccc(F)cc2)cc1. The summed E-state index contributed by atoms with van der Waals surface area (Å²) in [6.45, 7) is 5.37. The zero-order chi connectivity index (χ0) is 31.0. The topological polar surface area (TPSA) is 96.0 Å². The van der Waals surface area contributed by atoms with Gasteiger partial charge < -0.3 is 15.0 Å². The summed E-state index contributed by atoms with van der Waals surface area (Å²) < 4.78 is 48.2. The van der Waals surface area contributed by atoms with E-state index >= 15 is 0 Å². The Morgan fingerprint density at radius 1 is 1.00 bits per heavy atom. The third kappa shape index (κ3) is 8.34. The number of amides is 2. The van der Waals surface area contributed by atoms with E-state index in [1.807, 2.05) is 38.1 Å². The molecule has 1 atom stereocenters. The Morgan fingerprint density at radius 2 is 1.67 bits per heavy atom. The molecule has 43 heavy (non-hydrogen) atoms. The maximum Gasteiger partial charge on any atom is 0.264 e. The fraction of sp³-hybridized carbons (Fsp3) is 0.394. The first kappa shape index (κ1) is 32.0. The number of anilines is 1. The average Bonchev–Trinajstić information content (AvgIpc) is 2.99. The molecule has 0 spiro atoms. The van der Waals surface area contributed by atoms with Crippen molar-refractivity contribution in [3.8, 4) is 5.75 Å². The van der Waals surface area contributed by atoms with Crippen molar-refractivity contribution in [2.75, 3.05) is 17.5 Å². The molecule has 1 aliphatic carbocycles. The summed E-state index contributed by atoms with van der Waals surface area (Å²) in [5.74, 6) is -0.877. The molecule has 10 heteroatoms. The lowest BCUT2D eigenvalue weighted by Gasteiger charge is -2.33. The van der Waals surface area contributed by atoms with E-state index in [-0.39, 0.29) is 29.1 Å². The molecule has 230 valence electrons. The predicted molar refractivity (Wildman–Crippen MR) is 165 cm³/mol. The zero-order valence-corrected chi connectivity index (χ0v) is 25.8. The molecular formula is C33H40FN3O5S. The van der Waals surface area contributed by atoms with E-state index in [1.165, 1.54) is 29.2 Å². The molecule has 2 amide bonds. The smallest absolute Gasteiger partial charge is 0.264 e. The van der Waals surface area contributed by atoms with Gasteiger partial charge in [0.15, 0.2) is 0 Å². The third-order valence-electron chi connectivity index (χ3n) is 7.67. The summed E-state index contributed by atoms with van der Waals surface area (Å²) in [6, 6.07) is 17.6. The molecule has 3 aromatic rings. The number of hydrogen-bond acceptors (Lipinski definition) is 5. The van der Waals surface area contributed by atoms with Crippen LogP contribution in [0.1, 0.15) is 57.1 Å². The van der Waals surface area contributed by atoms with Gasteiger partial charge in [0.05, 0.1) is 17.2 Å². The number of nitrogens with one attached hydrogen (secondary N) is 1. The van der Waals surface area contributed by atoms with Gasteiger partial charge in [0.1, 0.15) is 24.2 Å². The van der Waals surface area contributed by atoms with Gasteiger partial charge in [-0.25, -0.2) is 12.8 Å². The second-order valence-electron chi connectivity index (χ2n) is 10.9. The van der Waals surface area contributed by atoms with E-state index in [0.717, 1.165) is 59.7 Å². The van der Waals surface area contributed by atoms with E-state index < -0.39 is 34.3 Å². The lowest BCUT2D eigenvalue weighted by Crippen LogP contribution is -2.53. The second kappa shape index (κ2) is 14.5. The monoisotopic (exact) mass is 609 g/mol. The highest BCUT2D eigenvalue weighted by atomic mass is 32.2. The Balaban J connectivity index is 1.67. The van der Waals surface area contributed by atoms with Crippen molar-refractivity contribution < 1.29 is 27.1 Å². The summed E-state index contributed by atoms with van der Waals surface area (Å²) in [5.41, 5.74) is 1.93. The van der Waals surface area contributed by atoms with Crippen molar-refractivity contribution in [3.05, 3.63) is 89.7 Å². The van der Waals surface area contributed by atoms with Crippen LogP contribution in [0.5, 0.6) is 5.75 Å². The van der Waals surface area contributed by atoms with Crippen LogP contribution in [0.4, 0.5) is 10.1 Å². The lowest BCUT2D eigenvalue weighted by atomic mass is 9.95. The molecule has 0 heterocycles. The van der Waals surface area contributed by atoms with Crippen LogP contribution in [-0.2, 0) is 26.2 Å². The highest BCUT2D eigenvalue weighted by molar-refractivity contribution is 7.92. The van der Waals surface area contributed by atoms with Gasteiger partial charge in [0.2, 0.25) is 11.8 Å². The van der Waals surface area contributed by atoms with Crippen LogP contribution in [0.15, 0.2) is 77.7 Å². The minimum absolute atomic E-state index is 0.0513. The maximum absolute atomic E-state index is 14.1. The minimum Gasteiger partial charge on any atom is -0.494 e. The highest BCUT2D eigenvalue weighted by Crippen LogP contribution is 2.26. The summed E-state index contributed by atoms with van der Waals surface area (Å²) in [7, 11) is -4.27. The molecule has 0 aliphatic heterocycles. The molecule has 0 radical (unpaired) electrons. The Kier molecular flexibility index (Phi) is 10.8. The van der Waals surface area contributed by atoms with Crippen LogP contribution in [0, 0.1) is 12.7 Å². The first-order valence-corrected chi connectivity index (χ1v) is 16.2. The van der Waals surface area contributed by atoms with E-state index in [4.69, 9.17) is 4.74 Å². The lowest BCUT2D eigenvalue weighted by molar-refractivity contribution is -0.139. The van der Waals surface area contributed by atoms with Gasteiger partial charge in [-0.3, -0.25) is 13.9 Å². The first-order chi connectivity index (χ1) is 20.6. The summed E-state index contributed by atoms with van der Waals surface area (Å²) in [4.78, 5) is 28.9. The molecular weight excluding hydrogens is 569 g/mol.